The Hall–Kier alpha value is -5.62. The minimum atomic E-state index is -1.72. The van der Waals surface area contributed by atoms with Gasteiger partial charge in [-0.05, 0) is 38.7 Å². The van der Waals surface area contributed by atoms with E-state index in [0.717, 1.165) is 0 Å². The van der Waals surface area contributed by atoms with Crippen molar-refractivity contribution >= 4 is 41.9 Å². The predicted octanol–water partition coefficient (Wildman–Crippen LogP) is 1.07. The number of rotatable bonds is 14. The third-order valence-electron chi connectivity index (χ3n) is 7.35. The summed E-state index contributed by atoms with van der Waals surface area (Å²) < 4.78 is 10.6. The second-order valence-electron chi connectivity index (χ2n) is 12.2. The number of tetrazole rings is 1. The Labute approximate surface area is 281 Å². The van der Waals surface area contributed by atoms with Gasteiger partial charge >= 0.3 is 24.2 Å². The molecule has 1 unspecified atom stereocenters. The van der Waals surface area contributed by atoms with Gasteiger partial charge in [0, 0.05) is 6.42 Å². The molecule has 19 heteroatoms. The van der Waals surface area contributed by atoms with Crippen LogP contribution in [0, 0.1) is 5.92 Å². The largest absolute Gasteiger partial charge is 0.465 e. The highest BCUT2D eigenvalue weighted by Gasteiger charge is 2.49. The number of H-pyrrole nitrogens is 1. The van der Waals surface area contributed by atoms with Crippen molar-refractivity contribution < 1.29 is 48.1 Å². The van der Waals surface area contributed by atoms with Crippen LogP contribution < -0.4 is 16.0 Å². The van der Waals surface area contributed by atoms with E-state index in [0.29, 0.717) is 16.9 Å². The molecular weight excluding hydrogens is 646 g/mol. The van der Waals surface area contributed by atoms with Crippen molar-refractivity contribution in [3.05, 3.63) is 41.7 Å². The average Bonchev–Trinajstić information content (AvgIpc) is 3.70. The molecule has 1 fully saturated rings. The van der Waals surface area contributed by atoms with Crippen LogP contribution in [0.3, 0.4) is 0 Å². The highest BCUT2D eigenvalue weighted by atomic mass is 16.6. The first-order valence-electron chi connectivity index (χ1n) is 15.5. The second kappa shape index (κ2) is 17.0. The first-order valence-corrected chi connectivity index (χ1v) is 15.5. The normalized spacial score (nSPS) is 16.3. The van der Waals surface area contributed by atoms with Gasteiger partial charge in [-0.15, -0.1) is 10.2 Å². The zero-order valence-corrected chi connectivity index (χ0v) is 27.8. The fraction of sp³-hybridized carbons (Fsp3) is 0.533. The van der Waals surface area contributed by atoms with Crippen LogP contribution in [0.25, 0.3) is 0 Å². The molecule has 0 aliphatic carbocycles. The van der Waals surface area contributed by atoms with E-state index in [1.807, 2.05) is 0 Å². The summed E-state index contributed by atoms with van der Waals surface area (Å²) in [4.78, 5) is 92.1. The Kier molecular flexibility index (Phi) is 13.1. The predicted molar refractivity (Wildman–Crippen MR) is 167 cm³/mol. The van der Waals surface area contributed by atoms with E-state index in [-0.39, 0.29) is 23.9 Å². The van der Waals surface area contributed by atoms with Crippen LogP contribution in [0.4, 0.5) is 14.4 Å². The Morgan fingerprint density at radius 2 is 1.80 bits per heavy atom. The Bertz CT molecular complexity index is 1500. The summed E-state index contributed by atoms with van der Waals surface area (Å²) >= 11 is 0. The van der Waals surface area contributed by atoms with E-state index >= 15 is 0 Å². The highest BCUT2D eigenvalue weighted by molar-refractivity contribution is 6.08. The SMILES string of the molecule is CC[C@H](C)[C@H](NC(=O)OC(C)(C)C)C(=O)N[C@@H](CCC(=O)OCc1ccccc1)C(=O)N1C(=O)N(C(=O)O)CC1C(=O)NCc1nn[nH]n1. The minimum absolute atomic E-state index is 0.0679. The fourth-order valence-electron chi connectivity index (χ4n) is 4.64. The number of carboxylic acid groups (broad SMARTS) is 1. The maximum absolute atomic E-state index is 14.1. The van der Waals surface area contributed by atoms with E-state index in [1.165, 1.54) is 0 Å². The maximum Gasteiger partial charge on any atom is 0.415 e. The van der Waals surface area contributed by atoms with E-state index in [4.69, 9.17) is 9.47 Å². The van der Waals surface area contributed by atoms with Gasteiger partial charge in [-0.2, -0.15) is 5.21 Å². The van der Waals surface area contributed by atoms with Crippen LogP contribution >= 0.6 is 0 Å². The lowest BCUT2D eigenvalue weighted by Gasteiger charge is -2.29. The molecule has 1 aliphatic heterocycles. The third-order valence-corrected chi connectivity index (χ3v) is 7.35. The molecule has 7 amide bonds. The lowest BCUT2D eigenvalue weighted by atomic mass is 9.97. The summed E-state index contributed by atoms with van der Waals surface area (Å²) in [5.74, 6) is -4.09. The van der Waals surface area contributed by atoms with Gasteiger partial charge in [-0.25, -0.2) is 24.2 Å². The number of benzene rings is 1. The second-order valence-corrected chi connectivity index (χ2v) is 12.2. The van der Waals surface area contributed by atoms with Gasteiger partial charge in [0.2, 0.25) is 11.8 Å². The number of hydrogen-bond acceptors (Lipinski definition) is 12. The Morgan fingerprint density at radius 1 is 1.10 bits per heavy atom. The van der Waals surface area contributed by atoms with Crippen LogP contribution in [0.15, 0.2) is 30.3 Å². The quantitative estimate of drug-likeness (QED) is 0.174. The lowest BCUT2D eigenvalue weighted by molar-refractivity contribution is -0.146. The van der Waals surface area contributed by atoms with E-state index < -0.39 is 90.9 Å². The molecule has 49 heavy (non-hydrogen) atoms. The Morgan fingerprint density at radius 3 is 2.39 bits per heavy atom. The number of alkyl carbamates (subject to hydrolysis) is 1. The number of aromatic amines is 1. The third kappa shape index (κ3) is 11.0. The molecular formula is C30H41N9O10. The number of carbonyl (C=O) groups is 7. The van der Waals surface area contributed by atoms with Gasteiger partial charge in [0.15, 0.2) is 5.82 Å². The molecule has 3 rings (SSSR count). The number of carbonyl (C=O) groups excluding carboxylic acids is 6. The number of urea groups is 1. The zero-order chi connectivity index (χ0) is 36.3. The number of nitrogens with zero attached hydrogens (tertiary/aromatic N) is 5. The van der Waals surface area contributed by atoms with Crippen molar-refractivity contribution in [2.75, 3.05) is 6.54 Å². The molecule has 1 aromatic carbocycles. The molecule has 0 saturated carbocycles. The number of ether oxygens (including phenoxy) is 2. The van der Waals surface area contributed by atoms with Crippen molar-refractivity contribution in [3.63, 3.8) is 0 Å². The first kappa shape index (κ1) is 37.8. The topological polar surface area (TPSA) is 255 Å². The van der Waals surface area contributed by atoms with Crippen LogP contribution in [0.1, 0.15) is 65.3 Å². The molecule has 1 aliphatic rings. The summed E-state index contributed by atoms with van der Waals surface area (Å²) in [5.41, 5.74) is -0.183. The van der Waals surface area contributed by atoms with Gasteiger partial charge < -0.3 is 30.5 Å². The minimum Gasteiger partial charge on any atom is -0.465 e. The van der Waals surface area contributed by atoms with Gasteiger partial charge in [0.05, 0.1) is 13.1 Å². The van der Waals surface area contributed by atoms with E-state index in [2.05, 4.69) is 36.6 Å². The molecule has 2 aromatic rings. The molecule has 2 heterocycles. The molecule has 0 radical (unpaired) electrons. The summed E-state index contributed by atoms with van der Waals surface area (Å²) in [6.45, 7) is 7.31. The van der Waals surface area contributed by atoms with Gasteiger partial charge in [-0.3, -0.25) is 19.2 Å². The lowest BCUT2D eigenvalue weighted by Crippen LogP contribution is -2.59. The van der Waals surface area contributed by atoms with Crippen LogP contribution in [0.5, 0.6) is 0 Å². The molecule has 5 N–H and O–H groups in total. The van der Waals surface area contributed by atoms with Crippen LogP contribution in [-0.4, -0.2) is 108 Å². The summed E-state index contributed by atoms with van der Waals surface area (Å²) in [6, 6.07) is 2.92. The first-order chi connectivity index (χ1) is 23.1. The summed E-state index contributed by atoms with van der Waals surface area (Å²) in [5, 5.41) is 30.0. The highest BCUT2D eigenvalue weighted by Crippen LogP contribution is 2.21. The number of amides is 7. The molecule has 4 atom stereocenters. The van der Waals surface area contributed by atoms with Crippen LogP contribution in [-0.2, 0) is 41.8 Å². The molecule has 266 valence electrons. The van der Waals surface area contributed by atoms with E-state index in [1.54, 1.807) is 65.0 Å². The van der Waals surface area contributed by atoms with Crippen LogP contribution in [0.2, 0.25) is 0 Å². The fourth-order valence-corrected chi connectivity index (χ4v) is 4.64. The number of aromatic nitrogens is 4. The van der Waals surface area contributed by atoms with Gasteiger partial charge in [-0.1, -0.05) is 55.8 Å². The number of nitrogens with one attached hydrogen (secondary N) is 4. The monoisotopic (exact) mass is 687 g/mol. The van der Waals surface area contributed by atoms with Crippen molar-refractivity contribution in [1.29, 1.82) is 0 Å². The van der Waals surface area contributed by atoms with Crippen molar-refractivity contribution in [3.8, 4) is 0 Å². The average molecular weight is 688 g/mol. The van der Waals surface area contributed by atoms with Gasteiger partial charge in [0.25, 0.3) is 5.91 Å². The Balaban J connectivity index is 1.88. The summed E-state index contributed by atoms with van der Waals surface area (Å²) in [7, 11) is 0. The van der Waals surface area contributed by atoms with Crippen molar-refractivity contribution in [2.45, 2.75) is 90.8 Å². The standard InChI is InChI=1S/C30H41N9O10/c1-6-17(2)23(33-27(44)49-30(3,4)5)25(42)32-19(12-13-22(40)48-16-18-10-8-7-9-11-18)26(43)39-20(15-38(28(39)45)29(46)47)24(41)31-14-21-34-36-37-35-21/h7-11,17,19-20,23H,6,12-16H2,1-5H3,(H,31,41)(H,32,42)(H,33,44)(H,46,47)(H,34,35,36,37)/t17-,19-,20?,23-/m0/s1. The molecule has 1 saturated heterocycles. The smallest absolute Gasteiger partial charge is 0.415 e. The maximum atomic E-state index is 14.1. The number of hydrogen-bond donors (Lipinski definition) is 5. The summed E-state index contributed by atoms with van der Waals surface area (Å²) in [6.07, 6.45) is -3.04. The molecule has 19 nitrogen and oxygen atoms in total. The number of esters is 1. The number of imide groups is 2. The van der Waals surface area contributed by atoms with Crippen molar-refractivity contribution in [2.24, 2.45) is 5.92 Å². The molecule has 0 spiro atoms. The van der Waals surface area contributed by atoms with E-state index in [9.17, 15) is 38.7 Å². The van der Waals surface area contributed by atoms with Gasteiger partial charge in [0.1, 0.15) is 30.3 Å². The molecule has 1 aromatic heterocycles. The molecule has 0 bridgehead atoms. The zero-order valence-electron chi connectivity index (χ0n) is 27.8. The van der Waals surface area contributed by atoms with Crippen molar-refractivity contribution in [1.82, 2.24) is 46.4 Å².